The van der Waals surface area contributed by atoms with Crippen LogP contribution < -0.4 is 5.73 Å². The van der Waals surface area contributed by atoms with Crippen LogP contribution in [0.5, 0.6) is 0 Å². The maximum Gasteiger partial charge on any atom is 0.166 e. The first-order valence-electron chi connectivity index (χ1n) is 5.08. The van der Waals surface area contributed by atoms with Gasteiger partial charge in [0.15, 0.2) is 5.78 Å². The number of ketones is 1. The summed E-state index contributed by atoms with van der Waals surface area (Å²) in [7, 11) is 0. The lowest BCUT2D eigenvalue weighted by atomic mass is 9.98. The largest absolute Gasteiger partial charge is 0.398 e. The van der Waals surface area contributed by atoms with Gasteiger partial charge in [0.2, 0.25) is 0 Å². The molecule has 0 amide bonds. The molecule has 1 aliphatic heterocycles. The molecule has 4 heteroatoms. The van der Waals surface area contributed by atoms with Crippen LogP contribution in [0.15, 0.2) is 18.5 Å². The van der Waals surface area contributed by atoms with E-state index in [1.807, 2.05) is 0 Å². The lowest BCUT2D eigenvalue weighted by molar-refractivity contribution is 0.0953. The molecule has 0 radical (unpaired) electrons. The van der Waals surface area contributed by atoms with Crippen molar-refractivity contribution in [3.63, 3.8) is 0 Å². The number of ether oxygens (including phenoxy) is 1. The summed E-state index contributed by atoms with van der Waals surface area (Å²) in [5.74, 6) is 0.410. The summed E-state index contributed by atoms with van der Waals surface area (Å²) < 4.78 is 5.22. The Hall–Kier alpha value is -1.42. The molecule has 1 fully saturated rings. The van der Waals surface area contributed by atoms with E-state index < -0.39 is 0 Å². The van der Waals surface area contributed by atoms with Crippen molar-refractivity contribution in [1.29, 1.82) is 0 Å². The van der Waals surface area contributed by atoms with E-state index in [-0.39, 0.29) is 5.78 Å². The number of hydrogen-bond donors (Lipinski definition) is 1. The molecule has 1 aromatic rings. The second-order valence-corrected chi connectivity index (χ2v) is 3.82. The van der Waals surface area contributed by atoms with Gasteiger partial charge in [-0.1, -0.05) is 0 Å². The predicted octanol–water partition coefficient (Wildman–Crippen LogP) is 1.27. The van der Waals surface area contributed by atoms with Gasteiger partial charge in [0.25, 0.3) is 0 Å². The molecule has 1 saturated heterocycles. The van der Waals surface area contributed by atoms with Crippen molar-refractivity contribution in [3.8, 4) is 0 Å². The summed E-state index contributed by atoms with van der Waals surface area (Å²) in [6, 6.07) is 1.65. The number of nitrogens with zero attached hydrogens (tertiary/aromatic N) is 1. The first-order valence-corrected chi connectivity index (χ1v) is 5.08. The summed E-state index contributed by atoms with van der Waals surface area (Å²) in [6.45, 7) is 1.45. The molecule has 1 aliphatic rings. The fourth-order valence-electron chi connectivity index (χ4n) is 1.75. The minimum atomic E-state index is 0.0658. The van der Waals surface area contributed by atoms with Crippen LogP contribution in [0, 0.1) is 5.92 Å². The molecular weight excluding hydrogens is 192 g/mol. The molecule has 80 valence electrons. The van der Waals surface area contributed by atoms with Gasteiger partial charge < -0.3 is 10.5 Å². The number of rotatable bonds is 3. The zero-order valence-corrected chi connectivity index (χ0v) is 8.48. The molecule has 15 heavy (non-hydrogen) atoms. The Labute approximate surface area is 88.4 Å². The van der Waals surface area contributed by atoms with Gasteiger partial charge in [-0.05, 0) is 18.4 Å². The molecule has 1 unspecified atom stereocenters. The smallest absolute Gasteiger partial charge is 0.166 e. The number of nitrogens with two attached hydrogens (primary N) is 1. The molecule has 0 saturated carbocycles. The van der Waals surface area contributed by atoms with E-state index >= 15 is 0 Å². The van der Waals surface area contributed by atoms with E-state index in [0.29, 0.717) is 30.2 Å². The normalized spacial score (nSPS) is 20.4. The van der Waals surface area contributed by atoms with E-state index in [1.165, 1.54) is 6.20 Å². The summed E-state index contributed by atoms with van der Waals surface area (Å²) in [4.78, 5) is 15.8. The first-order chi connectivity index (χ1) is 7.27. The second-order valence-electron chi connectivity index (χ2n) is 3.82. The minimum absolute atomic E-state index is 0.0658. The van der Waals surface area contributed by atoms with E-state index in [4.69, 9.17) is 10.5 Å². The van der Waals surface area contributed by atoms with E-state index in [0.717, 1.165) is 13.0 Å². The minimum Gasteiger partial charge on any atom is -0.398 e. The molecule has 0 aliphatic carbocycles. The van der Waals surface area contributed by atoms with Crippen LogP contribution >= 0.6 is 0 Å². The van der Waals surface area contributed by atoms with Gasteiger partial charge in [-0.2, -0.15) is 0 Å². The summed E-state index contributed by atoms with van der Waals surface area (Å²) in [5, 5.41) is 0. The average Bonchev–Trinajstić information content (AvgIpc) is 2.71. The standard InChI is InChI=1S/C11H14N2O2/c12-10-1-3-13-6-9(10)11(14)5-8-2-4-15-7-8/h1,3,6,8H,2,4-5,7H2,(H2,12,13). The molecule has 2 rings (SSSR count). The number of pyridine rings is 1. The van der Waals surface area contributed by atoms with Crippen molar-refractivity contribution in [2.75, 3.05) is 18.9 Å². The number of carbonyl (C=O) groups excluding carboxylic acids is 1. The molecular formula is C11H14N2O2. The Morgan fingerprint density at radius 1 is 1.67 bits per heavy atom. The fourth-order valence-corrected chi connectivity index (χ4v) is 1.75. The van der Waals surface area contributed by atoms with E-state index in [2.05, 4.69) is 4.98 Å². The number of carbonyl (C=O) groups is 1. The third kappa shape index (κ3) is 2.33. The molecule has 2 heterocycles. The molecule has 0 aromatic carbocycles. The molecule has 1 atom stereocenters. The highest BCUT2D eigenvalue weighted by molar-refractivity contribution is 6.00. The number of hydrogen-bond acceptors (Lipinski definition) is 4. The van der Waals surface area contributed by atoms with Crippen LogP contribution in [0.1, 0.15) is 23.2 Å². The summed E-state index contributed by atoms with van der Waals surface area (Å²) >= 11 is 0. The van der Waals surface area contributed by atoms with Gasteiger partial charge in [-0.15, -0.1) is 0 Å². The van der Waals surface area contributed by atoms with E-state index in [1.54, 1.807) is 12.3 Å². The Morgan fingerprint density at radius 2 is 2.53 bits per heavy atom. The van der Waals surface area contributed by atoms with Gasteiger partial charge in [-0.25, -0.2) is 0 Å². The maximum atomic E-state index is 11.8. The van der Waals surface area contributed by atoms with Gasteiger partial charge in [-0.3, -0.25) is 9.78 Å². The average molecular weight is 206 g/mol. The van der Waals surface area contributed by atoms with Crippen molar-refractivity contribution in [2.45, 2.75) is 12.8 Å². The molecule has 0 bridgehead atoms. The van der Waals surface area contributed by atoms with Crippen molar-refractivity contribution in [3.05, 3.63) is 24.0 Å². The third-order valence-electron chi connectivity index (χ3n) is 2.65. The molecule has 1 aromatic heterocycles. The molecule has 0 spiro atoms. The Bertz CT molecular complexity index is 359. The number of aromatic nitrogens is 1. The van der Waals surface area contributed by atoms with Crippen molar-refractivity contribution >= 4 is 11.5 Å². The molecule has 4 nitrogen and oxygen atoms in total. The topological polar surface area (TPSA) is 65.2 Å². The van der Waals surface area contributed by atoms with Gasteiger partial charge >= 0.3 is 0 Å². The van der Waals surface area contributed by atoms with Crippen LogP contribution in [-0.4, -0.2) is 24.0 Å². The van der Waals surface area contributed by atoms with Crippen molar-refractivity contribution < 1.29 is 9.53 Å². The van der Waals surface area contributed by atoms with Gasteiger partial charge in [0, 0.05) is 37.7 Å². The Balaban J connectivity index is 2.04. The summed E-state index contributed by atoms with van der Waals surface area (Å²) in [6.07, 6.45) is 4.60. The zero-order valence-electron chi connectivity index (χ0n) is 8.48. The number of anilines is 1. The predicted molar refractivity (Wildman–Crippen MR) is 56.5 cm³/mol. The maximum absolute atomic E-state index is 11.8. The quantitative estimate of drug-likeness (QED) is 0.756. The first kappa shape index (κ1) is 10.1. The Kier molecular flexibility index (Phi) is 2.97. The number of Topliss-reactive ketones (excluding diaryl/α,β-unsaturated/α-hetero) is 1. The van der Waals surface area contributed by atoms with Crippen LogP contribution in [0.3, 0.4) is 0 Å². The van der Waals surface area contributed by atoms with Crippen molar-refractivity contribution in [1.82, 2.24) is 4.98 Å². The second kappa shape index (κ2) is 4.40. The highest BCUT2D eigenvalue weighted by Gasteiger charge is 2.20. The number of nitrogen functional groups attached to an aromatic ring is 1. The third-order valence-corrected chi connectivity index (χ3v) is 2.65. The van der Waals surface area contributed by atoms with Crippen LogP contribution in [-0.2, 0) is 4.74 Å². The zero-order chi connectivity index (χ0) is 10.7. The monoisotopic (exact) mass is 206 g/mol. The fraction of sp³-hybridized carbons (Fsp3) is 0.455. The van der Waals surface area contributed by atoms with Crippen LogP contribution in [0.4, 0.5) is 5.69 Å². The lowest BCUT2D eigenvalue weighted by Gasteiger charge is -2.07. The lowest BCUT2D eigenvalue weighted by Crippen LogP contribution is -2.10. The SMILES string of the molecule is Nc1ccncc1C(=O)CC1CCOC1. The Morgan fingerprint density at radius 3 is 3.20 bits per heavy atom. The highest BCUT2D eigenvalue weighted by atomic mass is 16.5. The molecule has 2 N–H and O–H groups in total. The summed E-state index contributed by atoms with van der Waals surface area (Å²) in [5.41, 5.74) is 6.74. The van der Waals surface area contributed by atoms with Gasteiger partial charge in [0.1, 0.15) is 0 Å². The van der Waals surface area contributed by atoms with E-state index in [9.17, 15) is 4.79 Å². The van der Waals surface area contributed by atoms with Crippen molar-refractivity contribution in [2.24, 2.45) is 5.92 Å². The highest BCUT2D eigenvalue weighted by Crippen LogP contribution is 2.20. The van der Waals surface area contributed by atoms with Gasteiger partial charge in [0.05, 0.1) is 5.56 Å². The van der Waals surface area contributed by atoms with Crippen LogP contribution in [0.25, 0.3) is 0 Å². The van der Waals surface area contributed by atoms with Crippen LogP contribution in [0.2, 0.25) is 0 Å².